The summed E-state index contributed by atoms with van der Waals surface area (Å²) in [6.07, 6.45) is 6.89. The van der Waals surface area contributed by atoms with Gasteiger partial charge in [-0.2, -0.15) is 0 Å². The van der Waals surface area contributed by atoms with Crippen LogP contribution in [0.5, 0.6) is 0 Å². The molecule has 1 fully saturated rings. The lowest BCUT2D eigenvalue weighted by molar-refractivity contribution is -0.117. The normalized spacial score (nSPS) is 23.0. The Morgan fingerprint density at radius 3 is 2.64 bits per heavy atom. The van der Waals surface area contributed by atoms with Crippen LogP contribution in [-0.2, 0) is 4.79 Å². The summed E-state index contributed by atoms with van der Waals surface area (Å²) in [7, 11) is 0. The Morgan fingerprint density at radius 1 is 1.29 bits per heavy atom. The van der Waals surface area contributed by atoms with Gasteiger partial charge in [0.25, 0.3) is 5.91 Å². The van der Waals surface area contributed by atoms with Crippen molar-refractivity contribution in [2.75, 3.05) is 12.3 Å². The van der Waals surface area contributed by atoms with Crippen LogP contribution in [-0.4, -0.2) is 18.2 Å². The maximum absolute atomic E-state index is 11.6. The number of rotatable bonds is 2. The minimum absolute atomic E-state index is 0.0389. The zero-order valence-electron chi connectivity index (χ0n) is 7.95. The van der Waals surface area contributed by atoms with Crippen molar-refractivity contribution in [2.24, 2.45) is 0 Å². The van der Waals surface area contributed by atoms with Crippen LogP contribution in [0.15, 0.2) is 47.9 Å². The van der Waals surface area contributed by atoms with E-state index in [1.807, 2.05) is 6.08 Å². The lowest BCUT2D eigenvalue weighted by Crippen LogP contribution is -2.24. The second kappa shape index (κ2) is 5.50. The number of hydrogen-bond donors (Lipinski definition) is 1. The topological polar surface area (TPSA) is 29.1 Å². The molecule has 1 saturated heterocycles. The van der Waals surface area contributed by atoms with Crippen LogP contribution in [0.1, 0.15) is 0 Å². The molecule has 0 spiro atoms. The van der Waals surface area contributed by atoms with E-state index in [-0.39, 0.29) is 5.91 Å². The molecular weight excluding hydrogens is 194 g/mol. The first-order valence-electron chi connectivity index (χ1n) is 4.36. The number of nitrogens with one attached hydrogen (secondary N) is 1. The molecule has 0 saturated carbocycles. The Labute approximate surface area is 88.5 Å². The Kier molecular flexibility index (Phi) is 4.26. The molecule has 0 aromatic rings. The fraction of sp³-hybridized carbons (Fsp3) is 0.182. The maximum Gasteiger partial charge on any atom is 0.252 e. The third-order valence-electron chi connectivity index (χ3n) is 1.71. The van der Waals surface area contributed by atoms with Crippen LogP contribution >= 0.6 is 11.8 Å². The van der Waals surface area contributed by atoms with E-state index in [0.29, 0.717) is 12.1 Å². The van der Waals surface area contributed by atoms with Crippen molar-refractivity contribution in [2.45, 2.75) is 0 Å². The summed E-state index contributed by atoms with van der Waals surface area (Å²) in [4.78, 5) is 12.5. The summed E-state index contributed by atoms with van der Waals surface area (Å²) >= 11 is 1.65. The molecule has 1 aliphatic heterocycles. The molecule has 2 nitrogen and oxygen atoms in total. The number of carbonyl (C=O) groups is 1. The molecule has 1 aliphatic rings. The predicted molar refractivity (Wildman–Crippen MR) is 62.0 cm³/mol. The van der Waals surface area contributed by atoms with Gasteiger partial charge in [0.2, 0.25) is 0 Å². The van der Waals surface area contributed by atoms with Crippen molar-refractivity contribution in [3.05, 3.63) is 47.9 Å². The standard InChI is InChI=1S/C11H13NOS/c1-3-5-9-10(6-4-2)14-8-7-12-11(9)13/h3-6H,1-2,7-8H2,(H,12,13)/b9-5+,10-6+. The Balaban J connectivity index is 3.04. The summed E-state index contributed by atoms with van der Waals surface area (Å²) in [5.74, 6) is 0.850. The summed E-state index contributed by atoms with van der Waals surface area (Å²) < 4.78 is 0. The Morgan fingerprint density at radius 2 is 2.00 bits per heavy atom. The van der Waals surface area contributed by atoms with Crippen LogP contribution in [0.25, 0.3) is 0 Å². The highest BCUT2D eigenvalue weighted by molar-refractivity contribution is 8.03. The largest absolute Gasteiger partial charge is 0.351 e. The van der Waals surface area contributed by atoms with E-state index >= 15 is 0 Å². The summed E-state index contributed by atoms with van der Waals surface area (Å²) in [5, 5.41) is 2.82. The molecule has 1 amide bonds. The molecule has 0 bridgehead atoms. The molecule has 1 N–H and O–H groups in total. The van der Waals surface area contributed by atoms with Crippen molar-refractivity contribution in [3.8, 4) is 0 Å². The first-order valence-corrected chi connectivity index (χ1v) is 5.35. The molecule has 3 heteroatoms. The molecular formula is C11H13NOS. The first-order chi connectivity index (χ1) is 6.79. The summed E-state index contributed by atoms with van der Waals surface area (Å²) in [5.41, 5.74) is 0.669. The third-order valence-corrected chi connectivity index (χ3v) is 2.78. The van der Waals surface area contributed by atoms with Gasteiger partial charge in [0.05, 0.1) is 5.57 Å². The molecule has 0 aromatic heterocycles. The van der Waals surface area contributed by atoms with Crippen LogP contribution in [0.2, 0.25) is 0 Å². The molecule has 0 aliphatic carbocycles. The average Bonchev–Trinajstić information content (AvgIpc) is 2.33. The molecule has 0 atom stereocenters. The van der Waals surface area contributed by atoms with Crippen LogP contribution < -0.4 is 5.32 Å². The quantitative estimate of drug-likeness (QED) is 0.702. The van der Waals surface area contributed by atoms with Crippen molar-refractivity contribution in [3.63, 3.8) is 0 Å². The van der Waals surface area contributed by atoms with Gasteiger partial charge in [-0.25, -0.2) is 0 Å². The van der Waals surface area contributed by atoms with Crippen molar-refractivity contribution in [1.82, 2.24) is 5.32 Å². The molecule has 1 heterocycles. The van der Waals surface area contributed by atoms with E-state index in [2.05, 4.69) is 18.5 Å². The van der Waals surface area contributed by atoms with Gasteiger partial charge in [-0.05, 0) is 12.2 Å². The van der Waals surface area contributed by atoms with E-state index in [1.165, 1.54) is 0 Å². The number of allylic oxidation sites excluding steroid dienone is 4. The van der Waals surface area contributed by atoms with Gasteiger partial charge in [0.15, 0.2) is 0 Å². The van der Waals surface area contributed by atoms with Gasteiger partial charge < -0.3 is 5.32 Å². The highest BCUT2D eigenvalue weighted by Gasteiger charge is 2.16. The zero-order chi connectivity index (χ0) is 10.4. The van der Waals surface area contributed by atoms with E-state index in [0.717, 1.165) is 10.7 Å². The molecule has 1 rings (SSSR count). The SMILES string of the molecule is C=C/C=C1/C(=O)NCCS/C1=C/C=C. The van der Waals surface area contributed by atoms with E-state index < -0.39 is 0 Å². The monoisotopic (exact) mass is 207 g/mol. The fourth-order valence-electron chi connectivity index (χ4n) is 1.13. The van der Waals surface area contributed by atoms with Gasteiger partial charge in [0.1, 0.15) is 0 Å². The second-order valence-corrected chi connectivity index (χ2v) is 3.82. The van der Waals surface area contributed by atoms with Gasteiger partial charge in [-0.1, -0.05) is 25.3 Å². The van der Waals surface area contributed by atoms with Crippen molar-refractivity contribution >= 4 is 17.7 Å². The molecule has 0 aromatic carbocycles. The second-order valence-electron chi connectivity index (χ2n) is 2.69. The number of carbonyl (C=O) groups excluding carboxylic acids is 1. The predicted octanol–water partition coefficient (Wildman–Crippen LogP) is 2.03. The van der Waals surface area contributed by atoms with Crippen LogP contribution in [0, 0.1) is 0 Å². The lowest BCUT2D eigenvalue weighted by Gasteiger charge is -2.03. The van der Waals surface area contributed by atoms with Crippen molar-refractivity contribution in [1.29, 1.82) is 0 Å². The highest BCUT2D eigenvalue weighted by Crippen LogP contribution is 2.26. The minimum Gasteiger partial charge on any atom is -0.351 e. The van der Waals surface area contributed by atoms with Crippen LogP contribution in [0.4, 0.5) is 0 Å². The fourth-order valence-corrected chi connectivity index (χ4v) is 2.06. The van der Waals surface area contributed by atoms with E-state index in [9.17, 15) is 4.79 Å². The first kappa shape index (κ1) is 10.9. The molecule has 0 radical (unpaired) electrons. The zero-order valence-corrected chi connectivity index (χ0v) is 8.77. The molecule has 14 heavy (non-hydrogen) atoms. The highest BCUT2D eigenvalue weighted by atomic mass is 32.2. The third kappa shape index (κ3) is 2.64. The summed E-state index contributed by atoms with van der Waals surface area (Å²) in [6, 6.07) is 0. The van der Waals surface area contributed by atoms with Gasteiger partial charge in [0, 0.05) is 17.2 Å². The molecule has 0 unspecified atom stereocenters. The number of thioether (sulfide) groups is 1. The van der Waals surface area contributed by atoms with Crippen molar-refractivity contribution < 1.29 is 4.79 Å². The average molecular weight is 207 g/mol. The van der Waals surface area contributed by atoms with E-state index in [1.54, 1.807) is 30.0 Å². The summed E-state index contributed by atoms with van der Waals surface area (Å²) in [6.45, 7) is 7.93. The number of hydrogen-bond acceptors (Lipinski definition) is 2. The minimum atomic E-state index is -0.0389. The Bertz CT molecular complexity index is 315. The maximum atomic E-state index is 11.6. The van der Waals surface area contributed by atoms with Gasteiger partial charge in [-0.15, -0.1) is 11.8 Å². The Hall–Kier alpha value is -1.22. The van der Waals surface area contributed by atoms with Crippen LogP contribution in [0.3, 0.4) is 0 Å². The van der Waals surface area contributed by atoms with Gasteiger partial charge in [-0.3, -0.25) is 4.79 Å². The number of amides is 1. The molecule has 74 valence electrons. The lowest BCUT2D eigenvalue weighted by atomic mass is 10.2. The smallest absolute Gasteiger partial charge is 0.252 e. The van der Waals surface area contributed by atoms with E-state index in [4.69, 9.17) is 0 Å². The van der Waals surface area contributed by atoms with Gasteiger partial charge >= 0.3 is 0 Å².